The number of hydrogen-bond acceptors (Lipinski definition) is 3. The molecule has 0 aliphatic heterocycles. The maximum atomic E-state index is 12.1. The molecule has 4 rings (SSSR count). The molecule has 5 nitrogen and oxygen atoms in total. The summed E-state index contributed by atoms with van der Waals surface area (Å²) in [6.07, 6.45) is 3.30. The number of fused-ring (bicyclic) bond motifs is 3. The zero-order chi connectivity index (χ0) is 18.3. The molecule has 26 heavy (non-hydrogen) atoms. The smallest absolute Gasteiger partial charge is 0.211 e. The third-order valence-electron chi connectivity index (χ3n) is 5.37. The van der Waals surface area contributed by atoms with E-state index in [2.05, 4.69) is 16.7 Å². The Morgan fingerprint density at radius 3 is 2.08 bits per heavy atom. The van der Waals surface area contributed by atoms with Crippen LogP contribution in [0.5, 0.6) is 0 Å². The minimum atomic E-state index is -3.32. The van der Waals surface area contributed by atoms with Crippen molar-refractivity contribution in [2.75, 3.05) is 12.8 Å². The average molecular weight is 372 g/mol. The van der Waals surface area contributed by atoms with E-state index >= 15 is 0 Å². The molecule has 2 aromatic carbocycles. The zero-order valence-corrected chi connectivity index (χ0v) is 15.7. The number of aliphatic hydroxyl groups is 1. The maximum absolute atomic E-state index is 12.1. The molecule has 1 heterocycles. The van der Waals surface area contributed by atoms with Crippen LogP contribution in [0, 0.1) is 0 Å². The summed E-state index contributed by atoms with van der Waals surface area (Å²) in [7, 11) is -3.32. The fourth-order valence-electron chi connectivity index (χ4n) is 3.91. The Morgan fingerprint density at radius 2 is 1.62 bits per heavy atom. The van der Waals surface area contributed by atoms with Gasteiger partial charge in [0.1, 0.15) is 0 Å². The Hall–Kier alpha value is -1.89. The number of aliphatic hydroxyl groups excluding tert-OH is 1. The van der Waals surface area contributed by atoms with Gasteiger partial charge in [-0.05, 0) is 25.0 Å². The first kappa shape index (κ1) is 17.5. The number of benzene rings is 2. The molecule has 1 N–H and O–H groups in total. The van der Waals surface area contributed by atoms with Crippen molar-refractivity contribution in [3.63, 3.8) is 0 Å². The van der Waals surface area contributed by atoms with E-state index in [0.717, 1.165) is 41.1 Å². The van der Waals surface area contributed by atoms with Crippen molar-refractivity contribution in [3.05, 3.63) is 48.5 Å². The molecule has 0 saturated heterocycles. The molecule has 6 heteroatoms. The maximum Gasteiger partial charge on any atom is 0.211 e. The van der Waals surface area contributed by atoms with Crippen molar-refractivity contribution in [2.45, 2.75) is 38.0 Å². The van der Waals surface area contributed by atoms with Crippen LogP contribution < -0.4 is 0 Å². The van der Waals surface area contributed by atoms with Crippen LogP contribution in [0.4, 0.5) is 0 Å². The molecule has 1 saturated carbocycles. The molecule has 0 bridgehead atoms. The Kier molecular flexibility index (Phi) is 4.50. The van der Waals surface area contributed by atoms with Gasteiger partial charge >= 0.3 is 0 Å². The highest BCUT2D eigenvalue weighted by Gasteiger charge is 2.32. The lowest BCUT2D eigenvalue weighted by Gasteiger charge is -2.36. The predicted molar refractivity (Wildman–Crippen MR) is 105 cm³/mol. The summed E-state index contributed by atoms with van der Waals surface area (Å²) in [5.41, 5.74) is 2.12. The summed E-state index contributed by atoms with van der Waals surface area (Å²) in [5.74, 6) is 0. The fraction of sp³-hybridized carbons (Fsp3) is 0.400. The molecule has 138 valence electrons. The number of hydrogen-bond donors (Lipinski definition) is 1. The van der Waals surface area contributed by atoms with Crippen LogP contribution in [0.25, 0.3) is 21.8 Å². The van der Waals surface area contributed by atoms with Crippen molar-refractivity contribution < 1.29 is 13.5 Å². The van der Waals surface area contributed by atoms with E-state index in [1.54, 1.807) is 0 Å². The van der Waals surface area contributed by atoms with Gasteiger partial charge in [0.15, 0.2) is 0 Å². The Morgan fingerprint density at radius 1 is 1.08 bits per heavy atom. The number of sulfonamides is 1. The highest BCUT2D eigenvalue weighted by molar-refractivity contribution is 7.88. The van der Waals surface area contributed by atoms with E-state index in [0.29, 0.717) is 6.54 Å². The third-order valence-corrected chi connectivity index (χ3v) is 6.67. The highest BCUT2D eigenvalue weighted by Crippen LogP contribution is 2.30. The van der Waals surface area contributed by atoms with Crippen molar-refractivity contribution in [1.82, 2.24) is 8.87 Å². The van der Waals surface area contributed by atoms with Crippen LogP contribution in [-0.2, 0) is 16.6 Å². The first-order chi connectivity index (χ1) is 12.4. The summed E-state index contributed by atoms with van der Waals surface area (Å²) in [6, 6.07) is 16.3. The lowest BCUT2D eigenvalue weighted by molar-refractivity contribution is 0.101. The fourth-order valence-corrected chi connectivity index (χ4v) is 5.10. The van der Waals surface area contributed by atoms with Crippen LogP contribution in [-0.4, -0.2) is 47.3 Å². The van der Waals surface area contributed by atoms with E-state index in [4.69, 9.17) is 0 Å². The second-order valence-corrected chi connectivity index (χ2v) is 9.15. The summed E-state index contributed by atoms with van der Waals surface area (Å²) in [4.78, 5) is 0. The molecule has 1 atom stereocenters. The van der Waals surface area contributed by atoms with Gasteiger partial charge in [0, 0.05) is 34.4 Å². The first-order valence-electron chi connectivity index (χ1n) is 9.06. The summed E-state index contributed by atoms with van der Waals surface area (Å²) in [5, 5.41) is 13.0. The molecule has 1 unspecified atom stereocenters. The number of aromatic nitrogens is 1. The van der Waals surface area contributed by atoms with Crippen molar-refractivity contribution in [2.24, 2.45) is 0 Å². The van der Waals surface area contributed by atoms with Crippen LogP contribution in [0.3, 0.4) is 0 Å². The van der Waals surface area contributed by atoms with Gasteiger partial charge < -0.3 is 9.67 Å². The van der Waals surface area contributed by atoms with Gasteiger partial charge in [-0.15, -0.1) is 0 Å². The lowest BCUT2D eigenvalue weighted by atomic mass is 9.93. The minimum Gasteiger partial charge on any atom is -0.390 e. The molecule has 0 radical (unpaired) electrons. The summed E-state index contributed by atoms with van der Waals surface area (Å²) < 4.78 is 27.8. The SMILES string of the molecule is CS(=O)(=O)N(CC(O)Cn1c2ccccc2c2ccccc21)C1CCC1. The molecule has 0 spiro atoms. The molecule has 3 aromatic rings. The molecular formula is C20H24N2O3S. The second kappa shape index (κ2) is 6.68. The number of rotatable bonds is 6. The topological polar surface area (TPSA) is 62.5 Å². The van der Waals surface area contributed by atoms with Crippen LogP contribution in [0.2, 0.25) is 0 Å². The van der Waals surface area contributed by atoms with E-state index in [1.165, 1.54) is 10.6 Å². The standard InChI is InChI=1S/C20H24N2O3S/c1-26(24,25)22(15-7-6-8-15)14-16(23)13-21-19-11-4-2-9-17(19)18-10-3-5-12-20(18)21/h2-5,9-12,15-16,23H,6-8,13-14H2,1H3. The molecule has 1 fully saturated rings. The van der Waals surface area contributed by atoms with Gasteiger partial charge in [-0.1, -0.05) is 42.8 Å². The van der Waals surface area contributed by atoms with Crippen molar-refractivity contribution >= 4 is 31.8 Å². The summed E-state index contributed by atoms with van der Waals surface area (Å²) in [6.45, 7) is 0.511. The van der Waals surface area contributed by atoms with Gasteiger partial charge in [0.2, 0.25) is 10.0 Å². The quantitative estimate of drug-likeness (QED) is 0.724. The highest BCUT2D eigenvalue weighted by atomic mass is 32.2. The average Bonchev–Trinajstić information content (AvgIpc) is 2.87. The largest absolute Gasteiger partial charge is 0.390 e. The molecule has 1 aliphatic carbocycles. The van der Waals surface area contributed by atoms with Gasteiger partial charge in [-0.25, -0.2) is 8.42 Å². The van der Waals surface area contributed by atoms with Crippen molar-refractivity contribution in [3.8, 4) is 0 Å². The van der Waals surface area contributed by atoms with E-state index in [1.807, 2.05) is 36.4 Å². The van der Waals surface area contributed by atoms with Gasteiger partial charge in [-0.3, -0.25) is 0 Å². The van der Waals surface area contributed by atoms with Crippen molar-refractivity contribution in [1.29, 1.82) is 0 Å². The van der Waals surface area contributed by atoms with Crippen LogP contribution >= 0.6 is 0 Å². The lowest BCUT2D eigenvalue weighted by Crippen LogP contribution is -2.47. The van der Waals surface area contributed by atoms with Gasteiger partial charge in [-0.2, -0.15) is 4.31 Å². The third kappa shape index (κ3) is 3.13. The molecule has 0 amide bonds. The Labute approximate surface area is 153 Å². The monoisotopic (exact) mass is 372 g/mol. The molecule has 1 aromatic heterocycles. The van der Waals surface area contributed by atoms with E-state index < -0.39 is 16.1 Å². The Bertz CT molecular complexity index is 984. The van der Waals surface area contributed by atoms with Gasteiger partial charge in [0.05, 0.1) is 18.9 Å². The first-order valence-corrected chi connectivity index (χ1v) is 10.9. The predicted octanol–water partition coefficient (Wildman–Crippen LogP) is 2.97. The Balaban J connectivity index is 1.65. The second-order valence-electron chi connectivity index (χ2n) is 7.22. The zero-order valence-electron chi connectivity index (χ0n) is 14.9. The van der Waals surface area contributed by atoms with Gasteiger partial charge in [0.25, 0.3) is 0 Å². The van der Waals surface area contributed by atoms with Crippen LogP contribution in [0.15, 0.2) is 48.5 Å². The van der Waals surface area contributed by atoms with Crippen LogP contribution in [0.1, 0.15) is 19.3 Å². The number of nitrogens with zero attached hydrogens (tertiary/aromatic N) is 2. The van der Waals surface area contributed by atoms with E-state index in [9.17, 15) is 13.5 Å². The number of para-hydroxylation sites is 2. The normalized spacial score (nSPS) is 17.0. The molecule has 1 aliphatic rings. The minimum absolute atomic E-state index is 0.0396. The molecular weight excluding hydrogens is 348 g/mol. The van der Waals surface area contributed by atoms with E-state index in [-0.39, 0.29) is 12.6 Å². The summed E-state index contributed by atoms with van der Waals surface area (Å²) >= 11 is 0.